The number of alkyl halides is 2. The number of methoxy groups -OCH3 is 1. The highest BCUT2D eigenvalue weighted by Gasteiger charge is 2.42. The van der Waals surface area contributed by atoms with E-state index >= 15 is 0 Å². The highest BCUT2D eigenvalue weighted by molar-refractivity contribution is 5.97. The molecule has 0 bridgehead atoms. The molecule has 1 aromatic rings. The summed E-state index contributed by atoms with van der Waals surface area (Å²) in [6, 6.07) is 2.06. The summed E-state index contributed by atoms with van der Waals surface area (Å²) < 4.78 is 40.0. The third-order valence-electron chi connectivity index (χ3n) is 7.74. The summed E-state index contributed by atoms with van der Waals surface area (Å²) in [6.45, 7) is 13.3. The number of anilines is 1. The van der Waals surface area contributed by atoms with Gasteiger partial charge in [-0.15, -0.1) is 0 Å². The Morgan fingerprint density at radius 2 is 2.11 bits per heavy atom. The highest BCUT2D eigenvalue weighted by atomic mass is 19.3. The molecule has 8 nitrogen and oxygen atoms in total. The number of piperazine rings is 1. The van der Waals surface area contributed by atoms with Crippen molar-refractivity contribution < 1.29 is 23.0 Å². The van der Waals surface area contributed by atoms with E-state index in [0.717, 1.165) is 26.2 Å². The first-order valence-electron chi connectivity index (χ1n) is 13.0. The number of fused-ring (bicyclic) bond motifs is 1. The Morgan fingerprint density at radius 3 is 2.83 bits per heavy atom. The zero-order chi connectivity index (χ0) is 26.1. The molecule has 0 spiro atoms. The number of carbonyl (C=O) groups is 1. The first-order valence-corrected chi connectivity index (χ1v) is 13.0. The van der Waals surface area contributed by atoms with Crippen LogP contribution < -0.4 is 10.2 Å². The fourth-order valence-corrected chi connectivity index (χ4v) is 5.57. The maximum atomic E-state index is 14.5. The van der Waals surface area contributed by atoms with Crippen LogP contribution in [-0.2, 0) is 25.6 Å². The SMILES string of the molecule is CCC(F)(F)c1cnc2c(c1)N(C(=O)CN1C[C@@H](C)NC[C@@H]1CN1CCOC[C@H]1COC)CC2(C)C. The van der Waals surface area contributed by atoms with E-state index in [1.165, 1.54) is 19.2 Å². The molecule has 0 radical (unpaired) electrons. The number of ether oxygens (including phenoxy) is 2. The average Bonchev–Trinajstić information content (AvgIpc) is 3.12. The Labute approximate surface area is 213 Å². The van der Waals surface area contributed by atoms with Crippen molar-refractivity contribution in [2.24, 2.45) is 0 Å². The van der Waals surface area contributed by atoms with Crippen molar-refractivity contribution in [2.75, 3.05) is 71.1 Å². The molecule has 0 aromatic carbocycles. The predicted molar refractivity (Wildman–Crippen MR) is 135 cm³/mol. The van der Waals surface area contributed by atoms with E-state index in [-0.39, 0.29) is 42.6 Å². The molecule has 202 valence electrons. The standard InChI is InChI=1S/C26H41F2N5O3/c1-6-26(27,28)19-9-22-24(30-10-19)25(3,4)17-33(22)23(34)14-32-12-18(2)29-11-20(32)13-31-7-8-36-16-21(31)15-35-5/h9-10,18,20-21,29H,6-8,11-17H2,1-5H3/t18-,20-,21-/m1/s1. The van der Waals surface area contributed by atoms with Crippen molar-refractivity contribution >= 4 is 11.6 Å². The summed E-state index contributed by atoms with van der Waals surface area (Å²) in [4.78, 5) is 24.4. The van der Waals surface area contributed by atoms with Crippen LogP contribution in [0.15, 0.2) is 12.3 Å². The summed E-state index contributed by atoms with van der Waals surface area (Å²) in [7, 11) is 1.70. The van der Waals surface area contributed by atoms with Gasteiger partial charge in [0.2, 0.25) is 5.91 Å². The van der Waals surface area contributed by atoms with Gasteiger partial charge in [0.15, 0.2) is 0 Å². The molecular weight excluding hydrogens is 468 g/mol. The number of rotatable bonds is 8. The van der Waals surface area contributed by atoms with Crippen molar-refractivity contribution in [1.82, 2.24) is 20.1 Å². The van der Waals surface area contributed by atoms with E-state index in [4.69, 9.17) is 9.47 Å². The van der Waals surface area contributed by atoms with Crippen LogP contribution in [0, 0.1) is 0 Å². The van der Waals surface area contributed by atoms with Crippen LogP contribution in [0.3, 0.4) is 0 Å². The Morgan fingerprint density at radius 1 is 1.33 bits per heavy atom. The van der Waals surface area contributed by atoms with Gasteiger partial charge in [0, 0.05) is 75.5 Å². The topological polar surface area (TPSA) is 70.2 Å². The van der Waals surface area contributed by atoms with Gasteiger partial charge in [0.1, 0.15) is 0 Å². The molecule has 3 atom stereocenters. The average molecular weight is 510 g/mol. The van der Waals surface area contributed by atoms with Crippen molar-refractivity contribution in [3.05, 3.63) is 23.5 Å². The zero-order valence-corrected chi connectivity index (χ0v) is 22.2. The Bertz CT molecular complexity index is 929. The van der Waals surface area contributed by atoms with Crippen molar-refractivity contribution in [2.45, 2.75) is 63.6 Å². The van der Waals surface area contributed by atoms with Crippen molar-refractivity contribution in [1.29, 1.82) is 0 Å². The normalized spacial score (nSPS) is 27.3. The number of halogens is 2. The molecule has 1 N–H and O–H groups in total. The second-order valence-electron chi connectivity index (χ2n) is 11.1. The Balaban J connectivity index is 1.52. The second-order valence-corrected chi connectivity index (χ2v) is 11.1. The molecule has 2 saturated heterocycles. The van der Waals surface area contributed by atoms with E-state index in [1.807, 2.05) is 13.8 Å². The van der Waals surface area contributed by atoms with E-state index in [1.54, 1.807) is 12.0 Å². The van der Waals surface area contributed by atoms with Gasteiger partial charge >= 0.3 is 0 Å². The fraction of sp³-hybridized carbons (Fsp3) is 0.769. The van der Waals surface area contributed by atoms with Crippen molar-refractivity contribution in [3.8, 4) is 0 Å². The van der Waals surface area contributed by atoms with E-state index in [2.05, 4.69) is 27.0 Å². The van der Waals surface area contributed by atoms with Crippen LogP contribution in [-0.4, -0.2) is 105 Å². The van der Waals surface area contributed by atoms with Gasteiger partial charge in [-0.3, -0.25) is 19.6 Å². The summed E-state index contributed by atoms with van der Waals surface area (Å²) in [5.74, 6) is -3.05. The number of pyridine rings is 1. The van der Waals surface area contributed by atoms with Crippen LogP contribution in [0.4, 0.5) is 14.5 Å². The minimum absolute atomic E-state index is 0.0740. The minimum Gasteiger partial charge on any atom is -0.383 e. The molecule has 0 unspecified atom stereocenters. The fourth-order valence-electron chi connectivity index (χ4n) is 5.57. The van der Waals surface area contributed by atoms with Gasteiger partial charge in [0.25, 0.3) is 5.92 Å². The second kappa shape index (κ2) is 10.9. The van der Waals surface area contributed by atoms with Gasteiger partial charge < -0.3 is 19.7 Å². The monoisotopic (exact) mass is 509 g/mol. The number of aromatic nitrogens is 1. The molecule has 2 fully saturated rings. The number of amides is 1. The molecule has 3 aliphatic heterocycles. The van der Waals surface area contributed by atoms with Gasteiger partial charge in [-0.1, -0.05) is 20.8 Å². The molecule has 36 heavy (non-hydrogen) atoms. The van der Waals surface area contributed by atoms with Crippen LogP contribution in [0.25, 0.3) is 0 Å². The van der Waals surface area contributed by atoms with Crippen LogP contribution in [0.2, 0.25) is 0 Å². The molecule has 1 aromatic heterocycles. The lowest BCUT2D eigenvalue weighted by atomic mass is 9.91. The lowest BCUT2D eigenvalue weighted by Crippen LogP contribution is -2.62. The van der Waals surface area contributed by atoms with E-state index in [9.17, 15) is 13.6 Å². The third-order valence-corrected chi connectivity index (χ3v) is 7.74. The number of nitrogens with one attached hydrogen (secondary N) is 1. The zero-order valence-electron chi connectivity index (χ0n) is 22.2. The quantitative estimate of drug-likeness (QED) is 0.576. The van der Waals surface area contributed by atoms with Gasteiger partial charge in [-0.05, 0) is 13.0 Å². The maximum absolute atomic E-state index is 14.5. The van der Waals surface area contributed by atoms with Crippen molar-refractivity contribution in [3.63, 3.8) is 0 Å². The first-order chi connectivity index (χ1) is 17.1. The minimum atomic E-state index is -2.97. The predicted octanol–water partition coefficient (Wildman–Crippen LogP) is 2.22. The first kappa shape index (κ1) is 27.3. The summed E-state index contributed by atoms with van der Waals surface area (Å²) in [5, 5.41) is 3.55. The van der Waals surface area contributed by atoms with Crippen LogP contribution in [0.1, 0.15) is 45.4 Å². The summed E-state index contributed by atoms with van der Waals surface area (Å²) in [6.07, 6.45) is 0.960. The molecule has 4 heterocycles. The smallest absolute Gasteiger partial charge is 0.274 e. The largest absolute Gasteiger partial charge is 0.383 e. The number of nitrogens with zero attached hydrogens (tertiary/aromatic N) is 4. The number of hydrogen-bond acceptors (Lipinski definition) is 7. The molecule has 4 rings (SSSR count). The molecule has 1 amide bonds. The number of morpholine rings is 1. The van der Waals surface area contributed by atoms with Gasteiger partial charge in [-0.2, -0.15) is 0 Å². The lowest BCUT2D eigenvalue weighted by Gasteiger charge is -2.44. The third kappa shape index (κ3) is 5.72. The molecule has 3 aliphatic rings. The lowest BCUT2D eigenvalue weighted by molar-refractivity contribution is -0.121. The molecule has 10 heteroatoms. The number of hydrogen-bond donors (Lipinski definition) is 1. The molecular formula is C26H41F2N5O3. The molecule has 0 saturated carbocycles. The molecule has 0 aliphatic carbocycles. The summed E-state index contributed by atoms with van der Waals surface area (Å²) in [5.41, 5.74) is 0.683. The Hall–Kier alpha value is -1.72. The maximum Gasteiger partial charge on any atom is 0.274 e. The van der Waals surface area contributed by atoms with Gasteiger partial charge in [0.05, 0.1) is 43.8 Å². The summed E-state index contributed by atoms with van der Waals surface area (Å²) >= 11 is 0. The Kier molecular flexibility index (Phi) is 8.31. The van der Waals surface area contributed by atoms with Crippen LogP contribution in [0.5, 0.6) is 0 Å². The van der Waals surface area contributed by atoms with Crippen LogP contribution >= 0.6 is 0 Å². The number of carbonyl (C=O) groups excluding carboxylic acids is 1. The van der Waals surface area contributed by atoms with E-state index in [0.29, 0.717) is 37.7 Å². The van der Waals surface area contributed by atoms with Gasteiger partial charge in [-0.25, -0.2) is 8.78 Å². The van der Waals surface area contributed by atoms with E-state index < -0.39 is 11.3 Å². The highest BCUT2D eigenvalue weighted by Crippen LogP contribution is 2.42.